The highest BCUT2D eigenvalue weighted by atomic mass is 32.2. The van der Waals surface area contributed by atoms with Crippen molar-refractivity contribution in [1.82, 2.24) is 4.72 Å². The van der Waals surface area contributed by atoms with E-state index in [4.69, 9.17) is 15.6 Å². The standard InChI is InChI=1S/C12H20N2O4S/c1-9-7-11(13)8-12(10(9)2)19(16,17)14-3-5-18-6-4-15/h7-8,14-15H,3-6,13H2,1-2H3. The van der Waals surface area contributed by atoms with Crippen LogP contribution in [0.15, 0.2) is 17.0 Å². The molecule has 108 valence electrons. The Morgan fingerprint density at radius 3 is 2.63 bits per heavy atom. The molecule has 0 aliphatic rings. The van der Waals surface area contributed by atoms with E-state index in [1.165, 1.54) is 6.07 Å². The third-order valence-electron chi connectivity index (χ3n) is 2.71. The molecule has 0 aliphatic heterocycles. The molecule has 7 heteroatoms. The fourth-order valence-corrected chi connectivity index (χ4v) is 2.99. The predicted molar refractivity (Wildman–Crippen MR) is 73.4 cm³/mol. The highest BCUT2D eigenvalue weighted by molar-refractivity contribution is 7.89. The quantitative estimate of drug-likeness (QED) is 0.490. The van der Waals surface area contributed by atoms with E-state index in [0.717, 1.165) is 5.56 Å². The lowest BCUT2D eigenvalue weighted by Gasteiger charge is -2.12. The van der Waals surface area contributed by atoms with Gasteiger partial charge >= 0.3 is 0 Å². The van der Waals surface area contributed by atoms with Crippen LogP contribution in [0, 0.1) is 13.8 Å². The fourth-order valence-electron chi connectivity index (χ4n) is 1.63. The van der Waals surface area contributed by atoms with Crippen molar-refractivity contribution in [3.63, 3.8) is 0 Å². The number of ether oxygens (including phenoxy) is 1. The Labute approximate surface area is 113 Å². The average molecular weight is 288 g/mol. The minimum Gasteiger partial charge on any atom is -0.399 e. The number of hydrogen-bond donors (Lipinski definition) is 3. The van der Waals surface area contributed by atoms with Gasteiger partial charge < -0.3 is 15.6 Å². The maximum atomic E-state index is 12.1. The molecule has 0 saturated heterocycles. The molecule has 0 radical (unpaired) electrons. The molecule has 0 heterocycles. The molecule has 4 N–H and O–H groups in total. The number of aliphatic hydroxyl groups is 1. The lowest BCUT2D eigenvalue weighted by molar-refractivity contribution is 0.0961. The smallest absolute Gasteiger partial charge is 0.240 e. The van der Waals surface area contributed by atoms with Gasteiger partial charge in [-0.15, -0.1) is 0 Å². The van der Waals surface area contributed by atoms with Crippen molar-refractivity contribution in [3.05, 3.63) is 23.3 Å². The van der Waals surface area contributed by atoms with E-state index in [0.29, 0.717) is 11.3 Å². The van der Waals surface area contributed by atoms with Crippen molar-refractivity contribution in [2.24, 2.45) is 0 Å². The molecule has 19 heavy (non-hydrogen) atoms. The molecule has 0 saturated carbocycles. The van der Waals surface area contributed by atoms with Gasteiger partial charge in [0.25, 0.3) is 0 Å². The predicted octanol–water partition coefficient (Wildman–Crippen LogP) is 0.173. The van der Waals surface area contributed by atoms with Gasteiger partial charge in [0.05, 0.1) is 24.7 Å². The Morgan fingerprint density at radius 1 is 1.32 bits per heavy atom. The first-order valence-electron chi connectivity index (χ1n) is 5.93. The Bertz CT molecular complexity index is 529. The van der Waals surface area contributed by atoms with Crippen LogP contribution in [0.5, 0.6) is 0 Å². The summed E-state index contributed by atoms with van der Waals surface area (Å²) < 4.78 is 31.7. The van der Waals surface area contributed by atoms with Crippen LogP contribution in [0.1, 0.15) is 11.1 Å². The molecule has 0 unspecified atom stereocenters. The van der Waals surface area contributed by atoms with Gasteiger partial charge in [0.2, 0.25) is 10.0 Å². The molecule has 0 aromatic heterocycles. The van der Waals surface area contributed by atoms with Crippen LogP contribution in [0.25, 0.3) is 0 Å². The van der Waals surface area contributed by atoms with Crippen molar-refractivity contribution in [3.8, 4) is 0 Å². The number of anilines is 1. The maximum absolute atomic E-state index is 12.1. The van der Waals surface area contributed by atoms with E-state index in [1.54, 1.807) is 13.0 Å². The number of nitrogens with two attached hydrogens (primary N) is 1. The molecular formula is C12H20N2O4S. The summed E-state index contributed by atoms with van der Waals surface area (Å²) >= 11 is 0. The van der Waals surface area contributed by atoms with Gasteiger partial charge in [-0.05, 0) is 37.1 Å². The maximum Gasteiger partial charge on any atom is 0.240 e. The summed E-state index contributed by atoms with van der Waals surface area (Å²) in [4.78, 5) is 0.187. The summed E-state index contributed by atoms with van der Waals surface area (Å²) in [5.41, 5.74) is 7.60. The summed E-state index contributed by atoms with van der Waals surface area (Å²) in [7, 11) is -3.60. The van der Waals surface area contributed by atoms with Crippen LogP contribution in [0.3, 0.4) is 0 Å². The van der Waals surface area contributed by atoms with E-state index in [9.17, 15) is 8.42 Å². The van der Waals surface area contributed by atoms with Crippen LogP contribution >= 0.6 is 0 Å². The highest BCUT2D eigenvalue weighted by Gasteiger charge is 2.17. The molecular weight excluding hydrogens is 268 g/mol. The van der Waals surface area contributed by atoms with E-state index in [2.05, 4.69) is 4.72 Å². The zero-order valence-electron chi connectivity index (χ0n) is 11.1. The molecule has 0 amide bonds. The molecule has 0 atom stereocenters. The first kappa shape index (κ1) is 15.9. The molecule has 0 bridgehead atoms. The lowest BCUT2D eigenvalue weighted by Crippen LogP contribution is -2.28. The van der Waals surface area contributed by atoms with E-state index >= 15 is 0 Å². The summed E-state index contributed by atoms with van der Waals surface area (Å²) in [5.74, 6) is 0. The molecule has 1 aromatic rings. The molecule has 0 spiro atoms. The van der Waals surface area contributed by atoms with Gasteiger partial charge in [-0.25, -0.2) is 13.1 Å². The van der Waals surface area contributed by atoms with E-state index < -0.39 is 10.0 Å². The van der Waals surface area contributed by atoms with Gasteiger partial charge in [-0.3, -0.25) is 0 Å². The molecule has 1 aromatic carbocycles. The van der Waals surface area contributed by atoms with Crippen LogP contribution in [0.2, 0.25) is 0 Å². The third kappa shape index (κ3) is 4.46. The van der Waals surface area contributed by atoms with E-state index in [-0.39, 0.29) is 31.3 Å². The first-order chi connectivity index (χ1) is 8.88. The number of nitrogens with one attached hydrogen (secondary N) is 1. The molecule has 1 rings (SSSR count). The number of aliphatic hydroxyl groups excluding tert-OH is 1. The van der Waals surface area contributed by atoms with Gasteiger partial charge in [-0.2, -0.15) is 0 Å². The van der Waals surface area contributed by atoms with Gasteiger partial charge in [0, 0.05) is 12.2 Å². The summed E-state index contributed by atoms with van der Waals surface area (Å²) in [6.45, 7) is 4.02. The van der Waals surface area contributed by atoms with Gasteiger partial charge in [0.15, 0.2) is 0 Å². The monoisotopic (exact) mass is 288 g/mol. The largest absolute Gasteiger partial charge is 0.399 e. The number of benzene rings is 1. The summed E-state index contributed by atoms with van der Waals surface area (Å²) in [5, 5.41) is 8.52. The zero-order chi connectivity index (χ0) is 14.5. The van der Waals surface area contributed by atoms with Gasteiger partial charge in [0.1, 0.15) is 0 Å². The van der Waals surface area contributed by atoms with Gasteiger partial charge in [-0.1, -0.05) is 0 Å². The molecule has 0 fully saturated rings. The summed E-state index contributed by atoms with van der Waals surface area (Å²) in [6.07, 6.45) is 0. The molecule has 0 aliphatic carbocycles. The normalized spacial score (nSPS) is 11.7. The number of sulfonamides is 1. The third-order valence-corrected chi connectivity index (χ3v) is 4.29. The van der Waals surface area contributed by atoms with Crippen molar-refractivity contribution >= 4 is 15.7 Å². The number of nitrogen functional groups attached to an aromatic ring is 1. The molecule has 6 nitrogen and oxygen atoms in total. The SMILES string of the molecule is Cc1cc(N)cc(S(=O)(=O)NCCOCCO)c1C. The highest BCUT2D eigenvalue weighted by Crippen LogP contribution is 2.21. The minimum atomic E-state index is -3.60. The number of hydrogen-bond acceptors (Lipinski definition) is 5. The van der Waals surface area contributed by atoms with Crippen molar-refractivity contribution in [1.29, 1.82) is 0 Å². The topological polar surface area (TPSA) is 102 Å². The first-order valence-corrected chi connectivity index (χ1v) is 7.42. The zero-order valence-corrected chi connectivity index (χ0v) is 12.0. The van der Waals surface area contributed by atoms with Crippen LogP contribution in [-0.4, -0.2) is 39.9 Å². The number of aryl methyl sites for hydroxylation is 1. The Morgan fingerprint density at radius 2 is 2.00 bits per heavy atom. The van der Waals surface area contributed by atoms with Crippen LogP contribution < -0.4 is 10.5 Å². The van der Waals surface area contributed by atoms with Crippen LogP contribution in [-0.2, 0) is 14.8 Å². The van der Waals surface area contributed by atoms with Crippen LogP contribution in [0.4, 0.5) is 5.69 Å². The van der Waals surface area contributed by atoms with Crippen molar-refractivity contribution in [2.75, 3.05) is 32.1 Å². The number of rotatable bonds is 7. The Kier molecular flexibility index (Phi) is 5.74. The van der Waals surface area contributed by atoms with Crippen molar-refractivity contribution in [2.45, 2.75) is 18.7 Å². The lowest BCUT2D eigenvalue weighted by atomic mass is 10.1. The second-order valence-corrected chi connectivity index (χ2v) is 5.93. The summed E-state index contributed by atoms with van der Waals surface area (Å²) in [6, 6.07) is 3.18. The second kappa shape index (κ2) is 6.85. The average Bonchev–Trinajstić information content (AvgIpc) is 2.33. The van der Waals surface area contributed by atoms with Crippen molar-refractivity contribution < 1.29 is 18.3 Å². The Hall–Kier alpha value is -1.15. The minimum absolute atomic E-state index is 0.0831. The van der Waals surface area contributed by atoms with E-state index in [1.807, 2.05) is 6.92 Å². The fraction of sp³-hybridized carbons (Fsp3) is 0.500. The Balaban J connectivity index is 2.78. The second-order valence-electron chi connectivity index (χ2n) is 4.19.